The number of hydrogen-bond acceptors (Lipinski definition) is 2. The summed E-state index contributed by atoms with van der Waals surface area (Å²) in [6.45, 7) is 3.62. The zero-order valence-electron chi connectivity index (χ0n) is 14.1. The molecule has 0 atom stereocenters. The minimum Gasteiger partial charge on any atom is -0.367 e. The Balaban J connectivity index is 1.62. The Morgan fingerprint density at radius 1 is 1.08 bits per heavy atom. The average Bonchev–Trinajstić information content (AvgIpc) is 3.08. The SMILES string of the molecule is Cc1ccc(CNC(=O)Nc2cc(F)c(N3CCCC3)c(F)c2)cc1. The van der Waals surface area contributed by atoms with Gasteiger partial charge in [-0.3, -0.25) is 0 Å². The van der Waals surface area contributed by atoms with Gasteiger partial charge in [0.15, 0.2) is 11.6 Å². The molecule has 0 unspecified atom stereocenters. The second-order valence-corrected chi connectivity index (χ2v) is 6.28. The summed E-state index contributed by atoms with van der Waals surface area (Å²) in [7, 11) is 0. The normalized spacial score (nSPS) is 13.8. The van der Waals surface area contributed by atoms with Gasteiger partial charge in [0.25, 0.3) is 0 Å². The van der Waals surface area contributed by atoms with Crippen LogP contribution in [0.1, 0.15) is 24.0 Å². The molecule has 0 bridgehead atoms. The highest BCUT2D eigenvalue weighted by atomic mass is 19.1. The van der Waals surface area contributed by atoms with Gasteiger partial charge in [-0.25, -0.2) is 13.6 Å². The zero-order chi connectivity index (χ0) is 17.8. The molecule has 6 heteroatoms. The van der Waals surface area contributed by atoms with Gasteiger partial charge in [-0.2, -0.15) is 0 Å². The number of nitrogens with one attached hydrogen (secondary N) is 2. The largest absolute Gasteiger partial charge is 0.367 e. The molecular formula is C19H21F2N3O. The number of carbonyl (C=O) groups excluding carboxylic acids is 1. The third-order valence-electron chi connectivity index (χ3n) is 4.27. The highest BCUT2D eigenvalue weighted by molar-refractivity contribution is 5.89. The molecular weight excluding hydrogens is 324 g/mol. The van der Waals surface area contributed by atoms with E-state index < -0.39 is 17.7 Å². The highest BCUT2D eigenvalue weighted by Gasteiger charge is 2.21. The molecule has 0 saturated carbocycles. The fraction of sp³-hybridized carbons (Fsp3) is 0.316. The monoisotopic (exact) mass is 345 g/mol. The Kier molecular flexibility index (Phi) is 5.16. The standard InChI is InChI=1S/C19H21F2N3O/c1-13-4-6-14(7-5-13)12-22-19(25)23-15-10-16(20)18(17(21)11-15)24-8-2-3-9-24/h4-7,10-11H,2-3,8-9,12H2,1H3,(H2,22,23,25). The van der Waals surface area contributed by atoms with E-state index in [4.69, 9.17) is 0 Å². The molecule has 2 aromatic rings. The molecule has 3 rings (SSSR count). The molecule has 0 aliphatic carbocycles. The van der Waals surface area contributed by atoms with Crippen LogP contribution in [0.25, 0.3) is 0 Å². The third kappa shape index (κ3) is 4.26. The first kappa shape index (κ1) is 17.2. The fourth-order valence-corrected chi connectivity index (χ4v) is 2.94. The number of urea groups is 1. The van der Waals surface area contributed by atoms with Crippen LogP contribution in [0.15, 0.2) is 36.4 Å². The first-order valence-corrected chi connectivity index (χ1v) is 8.37. The molecule has 1 aliphatic heterocycles. The van der Waals surface area contributed by atoms with Crippen LogP contribution in [0.2, 0.25) is 0 Å². The number of carbonyl (C=O) groups is 1. The van der Waals surface area contributed by atoms with Crippen molar-refractivity contribution in [3.8, 4) is 0 Å². The maximum atomic E-state index is 14.2. The van der Waals surface area contributed by atoms with E-state index in [1.54, 1.807) is 4.90 Å². The minimum atomic E-state index is -0.657. The van der Waals surface area contributed by atoms with Crippen molar-refractivity contribution in [1.82, 2.24) is 5.32 Å². The lowest BCUT2D eigenvalue weighted by Gasteiger charge is -2.20. The van der Waals surface area contributed by atoms with Crippen LogP contribution in [-0.2, 0) is 6.54 Å². The van der Waals surface area contributed by atoms with Gasteiger partial charge in [0.05, 0.1) is 0 Å². The number of nitrogens with zero attached hydrogens (tertiary/aromatic N) is 1. The topological polar surface area (TPSA) is 44.4 Å². The van der Waals surface area contributed by atoms with Crippen molar-refractivity contribution in [3.05, 3.63) is 59.2 Å². The predicted molar refractivity (Wildman–Crippen MR) is 94.8 cm³/mol. The van der Waals surface area contributed by atoms with Gasteiger partial charge in [0.1, 0.15) is 5.69 Å². The van der Waals surface area contributed by atoms with Crippen molar-refractivity contribution in [2.75, 3.05) is 23.3 Å². The third-order valence-corrected chi connectivity index (χ3v) is 4.27. The number of halogens is 2. The van der Waals surface area contributed by atoms with Gasteiger partial charge < -0.3 is 15.5 Å². The molecule has 0 aromatic heterocycles. The van der Waals surface area contributed by atoms with Gasteiger partial charge in [-0.15, -0.1) is 0 Å². The van der Waals surface area contributed by atoms with Gasteiger partial charge in [-0.05, 0) is 37.5 Å². The van der Waals surface area contributed by atoms with Crippen molar-refractivity contribution in [2.24, 2.45) is 0 Å². The number of benzene rings is 2. The molecule has 2 aromatic carbocycles. The summed E-state index contributed by atoms with van der Waals surface area (Å²) >= 11 is 0. The van der Waals surface area contributed by atoms with Gasteiger partial charge in [0, 0.05) is 25.3 Å². The van der Waals surface area contributed by atoms with Crippen LogP contribution in [0.3, 0.4) is 0 Å². The Bertz CT molecular complexity index is 733. The summed E-state index contributed by atoms with van der Waals surface area (Å²) in [6, 6.07) is 9.55. The van der Waals surface area contributed by atoms with Crippen molar-refractivity contribution < 1.29 is 13.6 Å². The second-order valence-electron chi connectivity index (χ2n) is 6.28. The molecule has 4 nitrogen and oxygen atoms in total. The van der Waals surface area contributed by atoms with Crippen LogP contribution in [0.5, 0.6) is 0 Å². The van der Waals surface area contributed by atoms with Gasteiger partial charge in [-0.1, -0.05) is 29.8 Å². The van der Waals surface area contributed by atoms with Crippen molar-refractivity contribution in [1.29, 1.82) is 0 Å². The van der Waals surface area contributed by atoms with Crippen LogP contribution in [0.4, 0.5) is 25.0 Å². The molecule has 25 heavy (non-hydrogen) atoms. The lowest BCUT2D eigenvalue weighted by atomic mass is 10.1. The maximum absolute atomic E-state index is 14.2. The quantitative estimate of drug-likeness (QED) is 0.872. The average molecular weight is 345 g/mol. The number of hydrogen-bond donors (Lipinski definition) is 2. The van der Waals surface area contributed by atoms with E-state index in [9.17, 15) is 13.6 Å². The summed E-state index contributed by atoms with van der Waals surface area (Å²) in [5.74, 6) is -1.31. The maximum Gasteiger partial charge on any atom is 0.319 e. The molecule has 0 radical (unpaired) electrons. The van der Waals surface area contributed by atoms with E-state index >= 15 is 0 Å². The molecule has 0 spiro atoms. The van der Waals surface area contributed by atoms with Gasteiger partial charge in [0.2, 0.25) is 0 Å². The fourth-order valence-electron chi connectivity index (χ4n) is 2.94. The van der Waals surface area contributed by atoms with Crippen molar-refractivity contribution in [2.45, 2.75) is 26.3 Å². The molecule has 132 valence electrons. The molecule has 2 amide bonds. The first-order valence-electron chi connectivity index (χ1n) is 8.37. The van der Waals surface area contributed by atoms with E-state index in [-0.39, 0.29) is 11.4 Å². The number of anilines is 2. The van der Waals surface area contributed by atoms with Crippen LogP contribution < -0.4 is 15.5 Å². The van der Waals surface area contributed by atoms with E-state index in [1.807, 2.05) is 31.2 Å². The van der Waals surface area contributed by atoms with Crippen molar-refractivity contribution >= 4 is 17.4 Å². The second kappa shape index (κ2) is 7.51. The Morgan fingerprint density at radius 2 is 1.68 bits per heavy atom. The van der Waals surface area contributed by atoms with Crippen LogP contribution >= 0.6 is 0 Å². The lowest BCUT2D eigenvalue weighted by Crippen LogP contribution is -2.28. The smallest absolute Gasteiger partial charge is 0.319 e. The summed E-state index contributed by atoms with van der Waals surface area (Å²) < 4.78 is 28.5. The van der Waals surface area contributed by atoms with Crippen molar-refractivity contribution in [3.63, 3.8) is 0 Å². The Hall–Kier alpha value is -2.63. The van der Waals surface area contributed by atoms with E-state index in [1.165, 1.54) is 0 Å². The van der Waals surface area contributed by atoms with E-state index in [0.717, 1.165) is 36.1 Å². The summed E-state index contributed by atoms with van der Waals surface area (Å²) in [4.78, 5) is 13.6. The van der Waals surface area contributed by atoms with Gasteiger partial charge >= 0.3 is 6.03 Å². The zero-order valence-corrected chi connectivity index (χ0v) is 14.1. The molecule has 2 N–H and O–H groups in total. The molecule has 1 fully saturated rings. The summed E-state index contributed by atoms with van der Waals surface area (Å²) in [5.41, 5.74) is 2.17. The minimum absolute atomic E-state index is 0.0110. The van der Waals surface area contributed by atoms with Crippen LogP contribution in [0, 0.1) is 18.6 Å². The summed E-state index contributed by atoms with van der Waals surface area (Å²) in [6.07, 6.45) is 1.86. The van der Waals surface area contributed by atoms with Crippen LogP contribution in [-0.4, -0.2) is 19.1 Å². The first-order chi connectivity index (χ1) is 12.0. The number of rotatable bonds is 4. The van der Waals surface area contributed by atoms with E-state index in [2.05, 4.69) is 10.6 Å². The molecule has 1 heterocycles. The van der Waals surface area contributed by atoms with E-state index in [0.29, 0.717) is 19.6 Å². The molecule has 1 saturated heterocycles. The highest BCUT2D eigenvalue weighted by Crippen LogP contribution is 2.29. The predicted octanol–water partition coefficient (Wildman–Crippen LogP) is 4.20. The number of aryl methyl sites for hydroxylation is 1. The lowest BCUT2D eigenvalue weighted by molar-refractivity contribution is 0.251. The number of amides is 2. The molecule has 1 aliphatic rings. The Labute approximate surface area is 145 Å². The Morgan fingerprint density at radius 3 is 2.28 bits per heavy atom. The summed E-state index contributed by atoms with van der Waals surface area (Å²) in [5, 5.41) is 5.14.